The highest BCUT2D eigenvalue weighted by Gasteiger charge is 2.18. The number of nitrogens with two attached hydrogens (primary N) is 1. The SMILES string of the molecule is CC1=NC=C(C(N)=O)C(=O)C1. The van der Waals surface area contributed by atoms with Crippen LogP contribution >= 0.6 is 0 Å². The molecule has 11 heavy (non-hydrogen) atoms. The monoisotopic (exact) mass is 152 g/mol. The Bertz CT molecular complexity index is 276. The minimum Gasteiger partial charge on any atom is -0.365 e. The molecule has 0 aliphatic carbocycles. The van der Waals surface area contributed by atoms with Crippen molar-refractivity contribution in [1.29, 1.82) is 0 Å². The molecule has 0 saturated carbocycles. The maximum Gasteiger partial charge on any atom is 0.253 e. The van der Waals surface area contributed by atoms with Gasteiger partial charge in [0.2, 0.25) is 0 Å². The van der Waals surface area contributed by atoms with Crippen LogP contribution in [0.1, 0.15) is 13.3 Å². The van der Waals surface area contributed by atoms with E-state index in [1.807, 2.05) is 0 Å². The number of hydrogen-bond donors (Lipinski definition) is 1. The van der Waals surface area contributed by atoms with Crippen LogP contribution in [0.2, 0.25) is 0 Å². The molecule has 0 aromatic rings. The highest BCUT2D eigenvalue weighted by molar-refractivity contribution is 6.24. The molecule has 0 bridgehead atoms. The van der Waals surface area contributed by atoms with Crippen LogP contribution in [0.3, 0.4) is 0 Å². The first-order valence-electron chi connectivity index (χ1n) is 3.17. The predicted molar refractivity (Wildman–Crippen MR) is 40.0 cm³/mol. The van der Waals surface area contributed by atoms with E-state index in [-0.39, 0.29) is 17.8 Å². The molecule has 0 atom stereocenters. The van der Waals surface area contributed by atoms with E-state index >= 15 is 0 Å². The average Bonchev–Trinajstić information content (AvgIpc) is 1.85. The fourth-order valence-electron chi connectivity index (χ4n) is 0.821. The maximum atomic E-state index is 11.0. The first-order chi connectivity index (χ1) is 5.11. The number of Topliss-reactive ketones (excluding diaryl/α,β-unsaturated/α-hetero) is 1. The second kappa shape index (κ2) is 2.65. The van der Waals surface area contributed by atoms with Crippen molar-refractivity contribution >= 4 is 17.4 Å². The lowest BCUT2D eigenvalue weighted by Gasteiger charge is -2.05. The van der Waals surface area contributed by atoms with E-state index in [1.165, 1.54) is 6.20 Å². The minimum atomic E-state index is -0.703. The largest absolute Gasteiger partial charge is 0.365 e. The van der Waals surface area contributed by atoms with Gasteiger partial charge >= 0.3 is 0 Å². The van der Waals surface area contributed by atoms with Gasteiger partial charge in [-0.15, -0.1) is 0 Å². The van der Waals surface area contributed by atoms with Gasteiger partial charge in [0.25, 0.3) is 5.91 Å². The first-order valence-corrected chi connectivity index (χ1v) is 3.17. The number of hydrogen-bond acceptors (Lipinski definition) is 3. The Morgan fingerprint density at radius 1 is 1.73 bits per heavy atom. The number of carbonyl (C=O) groups excluding carboxylic acids is 2. The zero-order valence-electron chi connectivity index (χ0n) is 6.13. The van der Waals surface area contributed by atoms with E-state index in [0.29, 0.717) is 5.71 Å². The van der Waals surface area contributed by atoms with Crippen LogP contribution in [0.25, 0.3) is 0 Å². The molecule has 1 amide bonds. The van der Waals surface area contributed by atoms with Gasteiger partial charge in [0.05, 0.1) is 0 Å². The summed E-state index contributed by atoms with van der Waals surface area (Å²) in [5, 5.41) is 0. The van der Waals surface area contributed by atoms with Crippen molar-refractivity contribution in [1.82, 2.24) is 0 Å². The molecule has 0 spiro atoms. The predicted octanol–water partition coefficient (Wildman–Crippen LogP) is -0.211. The maximum absolute atomic E-state index is 11.0. The average molecular weight is 152 g/mol. The van der Waals surface area contributed by atoms with Crippen LogP contribution in [0.4, 0.5) is 0 Å². The Morgan fingerprint density at radius 3 is 2.82 bits per heavy atom. The quantitative estimate of drug-likeness (QED) is 0.528. The van der Waals surface area contributed by atoms with Gasteiger partial charge in [0.15, 0.2) is 5.78 Å². The summed E-state index contributed by atoms with van der Waals surface area (Å²) < 4.78 is 0. The van der Waals surface area contributed by atoms with Gasteiger partial charge in [-0.3, -0.25) is 14.6 Å². The van der Waals surface area contributed by atoms with Gasteiger partial charge in [-0.05, 0) is 6.92 Å². The van der Waals surface area contributed by atoms with E-state index in [9.17, 15) is 9.59 Å². The summed E-state index contributed by atoms with van der Waals surface area (Å²) >= 11 is 0. The van der Waals surface area contributed by atoms with Crippen LogP contribution in [0, 0.1) is 0 Å². The van der Waals surface area contributed by atoms with Crippen LogP contribution in [0.15, 0.2) is 16.8 Å². The first kappa shape index (κ1) is 7.65. The molecule has 0 radical (unpaired) electrons. The van der Waals surface area contributed by atoms with Gasteiger partial charge in [-0.1, -0.05) is 0 Å². The lowest BCUT2D eigenvalue weighted by atomic mass is 10.0. The topological polar surface area (TPSA) is 72.5 Å². The van der Waals surface area contributed by atoms with Gasteiger partial charge in [0, 0.05) is 18.3 Å². The van der Waals surface area contributed by atoms with Crippen molar-refractivity contribution in [3.05, 3.63) is 11.8 Å². The summed E-state index contributed by atoms with van der Waals surface area (Å²) in [6, 6.07) is 0. The second-order valence-corrected chi connectivity index (χ2v) is 2.37. The molecule has 0 fully saturated rings. The van der Waals surface area contributed by atoms with E-state index in [2.05, 4.69) is 4.99 Å². The summed E-state index contributed by atoms with van der Waals surface area (Å²) in [6.07, 6.45) is 1.43. The molecule has 1 aliphatic rings. The standard InChI is InChI=1S/C7H8N2O2/c1-4-2-6(10)5(3-9-4)7(8)11/h3H,2H2,1H3,(H2,8,11). The van der Waals surface area contributed by atoms with Crippen molar-refractivity contribution in [2.24, 2.45) is 10.7 Å². The van der Waals surface area contributed by atoms with Crippen LogP contribution in [0.5, 0.6) is 0 Å². The molecule has 4 nitrogen and oxygen atoms in total. The number of aliphatic imine (C=N–C) groups is 1. The summed E-state index contributed by atoms with van der Waals surface area (Å²) in [6.45, 7) is 1.73. The van der Waals surface area contributed by atoms with Crippen LogP contribution < -0.4 is 5.73 Å². The molecule has 1 aliphatic heterocycles. The summed E-state index contributed by atoms with van der Waals surface area (Å²) in [7, 11) is 0. The fraction of sp³-hybridized carbons (Fsp3) is 0.286. The number of carbonyl (C=O) groups is 2. The smallest absolute Gasteiger partial charge is 0.253 e. The minimum absolute atomic E-state index is 0.00407. The van der Waals surface area contributed by atoms with Crippen LogP contribution in [-0.2, 0) is 9.59 Å². The zero-order valence-corrected chi connectivity index (χ0v) is 6.13. The Balaban J connectivity index is 2.96. The molecule has 58 valence electrons. The number of rotatable bonds is 1. The summed E-state index contributed by atoms with van der Waals surface area (Å²) in [4.78, 5) is 25.3. The molecule has 4 heteroatoms. The summed E-state index contributed by atoms with van der Waals surface area (Å²) in [5.74, 6) is -0.948. The number of nitrogens with zero attached hydrogens (tertiary/aromatic N) is 1. The Hall–Kier alpha value is -1.45. The van der Waals surface area contributed by atoms with Gasteiger partial charge in [0.1, 0.15) is 5.57 Å². The van der Waals surface area contributed by atoms with Gasteiger partial charge in [-0.2, -0.15) is 0 Å². The highest BCUT2D eigenvalue weighted by atomic mass is 16.2. The van der Waals surface area contributed by atoms with Crippen molar-refractivity contribution in [2.75, 3.05) is 0 Å². The highest BCUT2D eigenvalue weighted by Crippen LogP contribution is 2.07. The van der Waals surface area contributed by atoms with E-state index < -0.39 is 5.91 Å². The Morgan fingerprint density at radius 2 is 2.36 bits per heavy atom. The molecular weight excluding hydrogens is 144 g/mol. The van der Waals surface area contributed by atoms with E-state index in [0.717, 1.165) is 0 Å². The molecule has 1 heterocycles. The Labute approximate surface area is 63.8 Å². The van der Waals surface area contributed by atoms with Crippen molar-refractivity contribution in [2.45, 2.75) is 13.3 Å². The third-order valence-electron chi connectivity index (χ3n) is 1.40. The molecule has 0 saturated heterocycles. The Kier molecular flexibility index (Phi) is 1.85. The lowest BCUT2D eigenvalue weighted by molar-refractivity contribution is -0.120. The van der Waals surface area contributed by atoms with E-state index in [4.69, 9.17) is 5.73 Å². The van der Waals surface area contributed by atoms with Crippen molar-refractivity contribution < 1.29 is 9.59 Å². The molecular formula is C7H8N2O2. The molecule has 0 aromatic heterocycles. The molecule has 0 unspecified atom stereocenters. The molecule has 2 N–H and O–H groups in total. The summed E-state index contributed by atoms with van der Waals surface area (Å²) in [5.41, 5.74) is 5.61. The third kappa shape index (κ3) is 1.52. The third-order valence-corrected chi connectivity index (χ3v) is 1.40. The van der Waals surface area contributed by atoms with Crippen molar-refractivity contribution in [3.63, 3.8) is 0 Å². The molecule has 1 rings (SSSR count). The van der Waals surface area contributed by atoms with E-state index in [1.54, 1.807) is 6.92 Å². The zero-order chi connectivity index (χ0) is 8.43. The van der Waals surface area contributed by atoms with Crippen molar-refractivity contribution in [3.8, 4) is 0 Å². The van der Waals surface area contributed by atoms with Crippen LogP contribution in [-0.4, -0.2) is 17.4 Å². The molecule has 0 aromatic carbocycles. The normalized spacial score (nSPS) is 17.4. The van der Waals surface area contributed by atoms with Gasteiger partial charge in [-0.25, -0.2) is 0 Å². The lowest BCUT2D eigenvalue weighted by Crippen LogP contribution is -2.23. The fourth-order valence-corrected chi connectivity index (χ4v) is 0.821. The number of primary amides is 1. The number of amides is 1. The second-order valence-electron chi connectivity index (χ2n) is 2.37. The van der Waals surface area contributed by atoms with Gasteiger partial charge < -0.3 is 5.73 Å². The number of ketones is 1.